The normalized spacial score (nSPS) is 13.7. The van der Waals surface area contributed by atoms with Crippen LogP contribution in [-0.2, 0) is 14.3 Å². The first-order valence-electron chi connectivity index (χ1n) is 9.50. The number of nitrogens with two attached hydrogens (primary N) is 1. The number of ether oxygens (including phenoxy) is 2. The summed E-state index contributed by atoms with van der Waals surface area (Å²) in [5.41, 5.74) is 4.38. The molecule has 0 fully saturated rings. The number of carbonyl (C=O) groups is 2. The SMILES string of the molecule is C=C/C=C\C(=C/C)CC([CH2][Tl])(CCNC(=O)OC(C)(C)C)C(=O)OCC.CN. The van der Waals surface area contributed by atoms with Gasteiger partial charge in [-0.05, 0) is 7.05 Å². The predicted molar refractivity (Wildman–Crippen MR) is 116 cm³/mol. The molecule has 0 aromatic heterocycles. The number of amides is 1. The molecule has 0 aliphatic heterocycles. The molecule has 1 unspecified atom stereocenters. The molecule has 6 nitrogen and oxygen atoms in total. The van der Waals surface area contributed by atoms with Crippen molar-refractivity contribution in [2.24, 2.45) is 11.1 Å². The molecule has 0 radical (unpaired) electrons. The van der Waals surface area contributed by atoms with E-state index in [0.29, 0.717) is 51.8 Å². The van der Waals surface area contributed by atoms with Gasteiger partial charge in [-0.1, -0.05) is 0 Å². The molecule has 0 bridgehead atoms. The minimum atomic E-state index is -0.622. The zero-order valence-electron chi connectivity index (χ0n) is 18.3. The Bertz CT molecular complexity index is 539. The van der Waals surface area contributed by atoms with E-state index in [1.165, 1.54) is 7.05 Å². The molecule has 0 aliphatic carbocycles. The minimum absolute atomic E-state index is 0.195. The first kappa shape index (κ1) is 29.0. The number of alkyl carbamates (subject to hydrolysis) is 1. The van der Waals surface area contributed by atoms with Crippen molar-refractivity contribution in [3.63, 3.8) is 0 Å². The smallest absolute Gasteiger partial charge is 0.0195 e. The van der Waals surface area contributed by atoms with Gasteiger partial charge < -0.3 is 5.73 Å². The number of rotatable bonds is 10. The first-order chi connectivity index (χ1) is 13.1. The van der Waals surface area contributed by atoms with Gasteiger partial charge in [0.2, 0.25) is 0 Å². The maximum Gasteiger partial charge on any atom is -0.0195 e. The Balaban J connectivity index is 0. The summed E-state index contributed by atoms with van der Waals surface area (Å²) in [6, 6.07) is 0. The van der Waals surface area contributed by atoms with Gasteiger partial charge in [-0.15, -0.1) is 0 Å². The van der Waals surface area contributed by atoms with E-state index in [4.69, 9.17) is 9.47 Å². The second-order valence-corrected chi connectivity index (χ2v) is 8.61. The maximum atomic E-state index is 12.7. The third kappa shape index (κ3) is 12.3. The fraction of sp³-hybridized carbons (Fsp3) is 0.619. The molecule has 158 valence electrons. The third-order valence-electron chi connectivity index (χ3n) is 3.73. The van der Waals surface area contributed by atoms with Crippen molar-refractivity contribution in [1.82, 2.24) is 5.32 Å². The molecule has 0 saturated heterocycles. The van der Waals surface area contributed by atoms with E-state index < -0.39 is 17.1 Å². The molecule has 0 heterocycles. The fourth-order valence-corrected chi connectivity index (χ4v) is 4.36. The van der Waals surface area contributed by atoms with E-state index in [2.05, 4.69) is 17.6 Å². The van der Waals surface area contributed by atoms with Crippen LogP contribution in [0.1, 0.15) is 47.5 Å². The van der Waals surface area contributed by atoms with Crippen molar-refractivity contribution >= 4 is 37.8 Å². The number of hydrogen-bond acceptors (Lipinski definition) is 5. The molecular formula is C21H37N2O4Tl. The summed E-state index contributed by atoms with van der Waals surface area (Å²) in [7, 11) is 1.50. The average molecular weight is 586 g/mol. The Hall–Kier alpha value is -1.16. The van der Waals surface area contributed by atoms with Crippen molar-refractivity contribution in [3.8, 4) is 0 Å². The van der Waals surface area contributed by atoms with Gasteiger partial charge in [0.1, 0.15) is 0 Å². The summed E-state index contributed by atoms with van der Waals surface area (Å²) >= 11 is 0.632. The van der Waals surface area contributed by atoms with E-state index in [9.17, 15) is 9.59 Å². The van der Waals surface area contributed by atoms with Crippen LogP contribution in [0, 0.1) is 5.41 Å². The van der Waals surface area contributed by atoms with Gasteiger partial charge in [0.15, 0.2) is 0 Å². The third-order valence-corrected chi connectivity index (χ3v) is 6.77. The van der Waals surface area contributed by atoms with Gasteiger partial charge in [-0.2, -0.15) is 0 Å². The van der Waals surface area contributed by atoms with Crippen LogP contribution in [0.5, 0.6) is 0 Å². The molecule has 7 heteroatoms. The molecule has 1 atom stereocenters. The molecule has 0 saturated carbocycles. The van der Waals surface area contributed by atoms with E-state index >= 15 is 0 Å². The summed E-state index contributed by atoms with van der Waals surface area (Å²) in [5, 5.41) is 2.76. The molecular weight excluding hydrogens is 549 g/mol. The summed E-state index contributed by atoms with van der Waals surface area (Å²) < 4.78 is 11.4. The molecule has 1 amide bonds. The van der Waals surface area contributed by atoms with Crippen LogP contribution in [0.25, 0.3) is 0 Å². The van der Waals surface area contributed by atoms with E-state index in [-0.39, 0.29) is 5.97 Å². The summed E-state index contributed by atoms with van der Waals surface area (Å²) in [6.45, 7) is 13.6. The topological polar surface area (TPSA) is 90.6 Å². The Kier molecular flexibility index (Phi) is 16.3. The molecule has 0 rings (SSSR count). The van der Waals surface area contributed by atoms with Crippen LogP contribution >= 0.6 is 0 Å². The van der Waals surface area contributed by atoms with Gasteiger partial charge in [0, 0.05) is 0 Å². The first-order valence-corrected chi connectivity index (χ1v) is 12.7. The Morgan fingerprint density at radius 1 is 1.25 bits per heavy atom. The van der Waals surface area contributed by atoms with Crippen molar-refractivity contribution in [2.75, 3.05) is 20.2 Å². The van der Waals surface area contributed by atoms with Crippen molar-refractivity contribution < 1.29 is 19.1 Å². The zero-order chi connectivity index (χ0) is 22.2. The van der Waals surface area contributed by atoms with E-state index in [1.807, 2.05) is 52.8 Å². The standard InChI is InChI=1S/C20H32NO4.CH5N.Tl/c1-8-11-12-16(9-2)15-20(7,17(22)24-10-3)13-14-21-18(23)25-19(4,5)6;1-2;/h8-9,11-12H,1,7,10,13-15H2,2-6H3,(H,21,23);2H2,1H3;/b12-11-,16-9+;;. The Morgan fingerprint density at radius 2 is 1.86 bits per heavy atom. The van der Waals surface area contributed by atoms with Crippen LogP contribution in [0.4, 0.5) is 4.79 Å². The van der Waals surface area contributed by atoms with Gasteiger partial charge in [-0.3, -0.25) is 0 Å². The molecule has 28 heavy (non-hydrogen) atoms. The van der Waals surface area contributed by atoms with Crippen molar-refractivity contribution in [3.05, 3.63) is 36.5 Å². The zero-order valence-corrected chi connectivity index (χ0v) is 22.8. The second-order valence-electron chi connectivity index (χ2n) is 7.02. The number of carbonyl (C=O) groups excluding carboxylic acids is 2. The van der Waals surface area contributed by atoms with Crippen LogP contribution < -0.4 is 11.1 Å². The van der Waals surface area contributed by atoms with Crippen LogP contribution in [-0.4, -0.2) is 63.6 Å². The second kappa shape index (κ2) is 15.7. The number of allylic oxidation sites excluding steroid dienone is 5. The molecule has 0 aliphatic rings. The predicted octanol–water partition coefficient (Wildman–Crippen LogP) is 3.69. The monoisotopic (exact) mass is 586 g/mol. The van der Waals surface area contributed by atoms with Crippen molar-refractivity contribution in [2.45, 2.75) is 57.0 Å². The largest absolute Gasteiger partial charge is 0.333 e. The van der Waals surface area contributed by atoms with Gasteiger partial charge in [-0.25, -0.2) is 0 Å². The molecule has 0 aromatic rings. The molecule has 0 spiro atoms. The molecule has 0 aromatic carbocycles. The fourth-order valence-electron chi connectivity index (χ4n) is 2.36. The van der Waals surface area contributed by atoms with Crippen LogP contribution in [0.2, 0.25) is 3.98 Å². The number of esters is 1. The Labute approximate surface area is 186 Å². The average Bonchev–Trinajstić information content (AvgIpc) is 2.64. The van der Waals surface area contributed by atoms with Gasteiger partial charge in [0.25, 0.3) is 0 Å². The van der Waals surface area contributed by atoms with Crippen LogP contribution in [0.15, 0.2) is 36.5 Å². The van der Waals surface area contributed by atoms with Crippen molar-refractivity contribution in [1.29, 1.82) is 0 Å². The minimum Gasteiger partial charge on any atom is -0.333 e. The number of hydrogen-bond donors (Lipinski definition) is 2. The van der Waals surface area contributed by atoms with Gasteiger partial charge >= 0.3 is 174 Å². The summed E-state index contributed by atoms with van der Waals surface area (Å²) in [6.07, 6.45) is 8.16. The maximum absolute atomic E-state index is 12.7. The molecule has 3 N–H and O–H groups in total. The van der Waals surface area contributed by atoms with Crippen LogP contribution in [0.3, 0.4) is 0 Å². The summed E-state index contributed by atoms with van der Waals surface area (Å²) in [5.74, 6) is -0.195. The quantitative estimate of drug-likeness (QED) is 0.232. The van der Waals surface area contributed by atoms with E-state index in [1.54, 1.807) is 6.08 Å². The van der Waals surface area contributed by atoms with Gasteiger partial charge in [0.05, 0.1) is 0 Å². The number of nitrogens with one attached hydrogen (secondary N) is 1. The van der Waals surface area contributed by atoms with E-state index in [0.717, 1.165) is 9.55 Å². The Morgan fingerprint density at radius 3 is 2.29 bits per heavy atom. The summed E-state index contributed by atoms with van der Waals surface area (Å²) in [4.78, 5) is 24.6.